The van der Waals surface area contributed by atoms with Gasteiger partial charge in [0.2, 0.25) is 5.91 Å². The van der Waals surface area contributed by atoms with Gasteiger partial charge >= 0.3 is 6.18 Å². The average molecular weight is 401 g/mol. The van der Waals surface area contributed by atoms with Gasteiger partial charge in [-0.25, -0.2) is 0 Å². The van der Waals surface area contributed by atoms with Gasteiger partial charge in [-0.05, 0) is 18.4 Å². The number of aryl methyl sites for hydroxylation is 1. The predicted molar refractivity (Wildman–Crippen MR) is 92.9 cm³/mol. The van der Waals surface area contributed by atoms with Crippen LogP contribution in [0.4, 0.5) is 13.2 Å². The maximum Gasteiger partial charge on any atom is 0.435 e. The number of carbonyl (C=O) groups is 2. The molecule has 0 saturated heterocycles. The SMILES string of the molecule is CC(C)C[C@H](NC(=O)c1cc2c(C(F)(F)F)nn(C)c2s1)C(=O)NCC#N. The third-order valence-electron chi connectivity index (χ3n) is 3.67. The van der Waals surface area contributed by atoms with E-state index in [9.17, 15) is 22.8 Å². The minimum absolute atomic E-state index is 0.0466. The molecule has 0 spiro atoms. The highest BCUT2D eigenvalue weighted by Gasteiger charge is 2.37. The number of hydrogen-bond donors (Lipinski definition) is 2. The number of thiophene rings is 1. The van der Waals surface area contributed by atoms with E-state index >= 15 is 0 Å². The summed E-state index contributed by atoms with van der Waals surface area (Å²) < 4.78 is 40.3. The number of alkyl halides is 3. The monoisotopic (exact) mass is 401 g/mol. The fraction of sp³-hybridized carbons (Fsp3) is 0.500. The Labute approximate surface area is 157 Å². The Bertz CT molecular complexity index is 894. The number of amides is 2. The summed E-state index contributed by atoms with van der Waals surface area (Å²) in [5.74, 6) is -1.09. The van der Waals surface area contributed by atoms with Gasteiger partial charge in [-0.3, -0.25) is 14.3 Å². The Morgan fingerprint density at radius 2 is 2.07 bits per heavy atom. The third kappa shape index (κ3) is 4.77. The van der Waals surface area contributed by atoms with Crippen molar-refractivity contribution in [2.45, 2.75) is 32.5 Å². The average Bonchev–Trinajstić information content (AvgIpc) is 3.11. The molecule has 0 aromatic carbocycles. The molecule has 1 atom stereocenters. The van der Waals surface area contributed by atoms with Gasteiger partial charge in [0.25, 0.3) is 5.91 Å². The Hall–Kier alpha value is -2.61. The Morgan fingerprint density at radius 1 is 1.41 bits per heavy atom. The normalized spacial score (nSPS) is 12.8. The molecule has 7 nitrogen and oxygen atoms in total. The van der Waals surface area contributed by atoms with Gasteiger partial charge in [0.1, 0.15) is 17.4 Å². The van der Waals surface area contributed by atoms with Crippen molar-refractivity contribution in [3.8, 4) is 6.07 Å². The molecule has 2 rings (SSSR count). The summed E-state index contributed by atoms with van der Waals surface area (Å²) in [6.07, 6.45) is -4.31. The highest BCUT2D eigenvalue weighted by Crippen LogP contribution is 2.37. The van der Waals surface area contributed by atoms with E-state index < -0.39 is 29.7 Å². The largest absolute Gasteiger partial charge is 0.435 e. The second kappa shape index (κ2) is 7.96. The molecule has 0 aliphatic rings. The van der Waals surface area contributed by atoms with Crippen LogP contribution in [0.15, 0.2) is 6.07 Å². The van der Waals surface area contributed by atoms with Crippen LogP contribution in [0.5, 0.6) is 0 Å². The van der Waals surface area contributed by atoms with Crippen molar-refractivity contribution in [1.82, 2.24) is 20.4 Å². The van der Waals surface area contributed by atoms with Crippen LogP contribution in [0, 0.1) is 17.2 Å². The van der Waals surface area contributed by atoms with Crippen molar-refractivity contribution in [1.29, 1.82) is 5.26 Å². The summed E-state index contributed by atoms with van der Waals surface area (Å²) in [5, 5.41) is 16.8. The third-order valence-corrected chi connectivity index (χ3v) is 4.88. The maximum absolute atomic E-state index is 13.1. The number of halogens is 3. The van der Waals surface area contributed by atoms with Gasteiger partial charge in [0, 0.05) is 12.4 Å². The molecule has 2 aromatic heterocycles. The molecule has 0 unspecified atom stereocenters. The van der Waals surface area contributed by atoms with Gasteiger partial charge in [-0.2, -0.15) is 23.5 Å². The van der Waals surface area contributed by atoms with Crippen LogP contribution in [0.2, 0.25) is 0 Å². The molecule has 2 amide bonds. The smallest absolute Gasteiger partial charge is 0.341 e. The lowest BCUT2D eigenvalue weighted by Crippen LogP contribution is -2.47. The molecular weight excluding hydrogens is 383 g/mol. The predicted octanol–water partition coefficient (Wildman–Crippen LogP) is 2.44. The number of nitrogens with one attached hydrogen (secondary N) is 2. The molecule has 2 heterocycles. The summed E-state index contributed by atoms with van der Waals surface area (Å²) >= 11 is 0.864. The lowest BCUT2D eigenvalue weighted by molar-refractivity contribution is -0.140. The summed E-state index contributed by atoms with van der Waals surface area (Å²) in [6.45, 7) is 3.52. The number of rotatable bonds is 6. The molecule has 0 saturated carbocycles. The zero-order valence-electron chi connectivity index (χ0n) is 14.8. The molecular formula is C16H18F3N5O2S. The molecule has 0 bridgehead atoms. The van der Waals surface area contributed by atoms with E-state index in [2.05, 4.69) is 15.7 Å². The Morgan fingerprint density at radius 3 is 2.63 bits per heavy atom. The first-order chi connectivity index (χ1) is 12.5. The zero-order chi connectivity index (χ0) is 20.4. The Balaban J connectivity index is 2.27. The molecule has 2 N–H and O–H groups in total. The highest BCUT2D eigenvalue weighted by molar-refractivity contribution is 7.20. The van der Waals surface area contributed by atoms with Gasteiger partial charge in [0.15, 0.2) is 5.69 Å². The molecule has 0 radical (unpaired) electrons. The van der Waals surface area contributed by atoms with Crippen LogP contribution in [-0.4, -0.2) is 34.2 Å². The van der Waals surface area contributed by atoms with Crippen LogP contribution >= 0.6 is 11.3 Å². The molecule has 0 aliphatic carbocycles. The second-order valence-corrected chi connectivity index (χ2v) is 7.36. The second-order valence-electron chi connectivity index (χ2n) is 6.33. The topological polar surface area (TPSA) is 99.8 Å². The van der Waals surface area contributed by atoms with Crippen LogP contribution in [0.1, 0.15) is 35.6 Å². The molecule has 146 valence electrons. The van der Waals surface area contributed by atoms with E-state index in [1.54, 1.807) is 6.07 Å². The van der Waals surface area contributed by atoms with Crippen molar-refractivity contribution in [2.75, 3.05) is 6.54 Å². The summed E-state index contributed by atoms with van der Waals surface area (Å²) in [6, 6.07) is 2.01. The number of fused-ring (bicyclic) bond motifs is 1. The van der Waals surface area contributed by atoms with Crippen LogP contribution in [-0.2, 0) is 18.0 Å². The van der Waals surface area contributed by atoms with Crippen LogP contribution < -0.4 is 10.6 Å². The fourth-order valence-electron chi connectivity index (χ4n) is 2.54. The number of nitriles is 1. The van der Waals surface area contributed by atoms with Crippen molar-refractivity contribution in [2.24, 2.45) is 13.0 Å². The van der Waals surface area contributed by atoms with E-state index in [0.717, 1.165) is 22.1 Å². The fourth-order valence-corrected chi connectivity index (χ4v) is 3.52. The van der Waals surface area contributed by atoms with E-state index in [1.807, 2.05) is 13.8 Å². The first-order valence-electron chi connectivity index (χ1n) is 8.03. The van der Waals surface area contributed by atoms with Crippen molar-refractivity contribution < 1.29 is 22.8 Å². The number of hydrogen-bond acceptors (Lipinski definition) is 5. The van der Waals surface area contributed by atoms with Gasteiger partial charge in [-0.1, -0.05) is 13.8 Å². The van der Waals surface area contributed by atoms with E-state index in [0.29, 0.717) is 6.42 Å². The highest BCUT2D eigenvalue weighted by atomic mass is 32.1. The van der Waals surface area contributed by atoms with Crippen LogP contribution in [0.3, 0.4) is 0 Å². The van der Waals surface area contributed by atoms with Gasteiger partial charge < -0.3 is 10.6 Å². The van der Waals surface area contributed by atoms with Gasteiger partial charge in [0.05, 0.1) is 10.9 Å². The molecule has 2 aromatic rings. The van der Waals surface area contributed by atoms with Crippen molar-refractivity contribution in [3.63, 3.8) is 0 Å². The molecule has 11 heteroatoms. The molecule has 0 fully saturated rings. The standard InChI is InChI=1S/C16H18F3N5O2S/c1-8(2)6-10(13(25)21-5-4-20)22-14(26)11-7-9-12(16(17,18)19)23-24(3)15(9)27-11/h7-8,10H,5-6H2,1-3H3,(H,21,25)(H,22,26)/t10-/m0/s1. The lowest BCUT2D eigenvalue weighted by atomic mass is 10.0. The quantitative estimate of drug-likeness (QED) is 0.726. The van der Waals surface area contributed by atoms with E-state index in [-0.39, 0.29) is 27.6 Å². The first-order valence-corrected chi connectivity index (χ1v) is 8.85. The Kier molecular flexibility index (Phi) is 6.10. The van der Waals surface area contributed by atoms with Gasteiger partial charge in [-0.15, -0.1) is 11.3 Å². The first kappa shape index (κ1) is 20.7. The lowest BCUT2D eigenvalue weighted by Gasteiger charge is -2.19. The summed E-state index contributed by atoms with van der Waals surface area (Å²) in [4.78, 5) is 24.9. The number of carbonyl (C=O) groups excluding carboxylic acids is 2. The summed E-state index contributed by atoms with van der Waals surface area (Å²) in [5.41, 5.74) is -1.05. The minimum Gasteiger partial charge on any atom is -0.341 e. The van der Waals surface area contributed by atoms with Crippen molar-refractivity contribution in [3.05, 3.63) is 16.6 Å². The minimum atomic E-state index is -4.63. The van der Waals surface area contributed by atoms with Crippen molar-refractivity contribution >= 4 is 33.4 Å². The molecule has 0 aliphatic heterocycles. The number of aromatic nitrogens is 2. The molecule has 27 heavy (non-hydrogen) atoms. The van der Waals surface area contributed by atoms with E-state index in [1.165, 1.54) is 7.05 Å². The summed E-state index contributed by atoms with van der Waals surface area (Å²) in [7, 11) is 1.37. The van der Waals surface area contributed by atoms with E-state index in [4.69, 9.17) is 5.26 Å². The van der Waals surface area contributed by atoms with Crippen LogP contribution in [0.25, 0.3) is 10.2 Å². The number of nitrogens with zero attached hydrogens (tertiary/aromatic N) is 3. The zero-order valence-corrected chi connectivity index (χ0v) is 15.7. The maximum atomic E-state index is 13.1.